The highest BCUT2D eigenvalue weighted by molar-refractivity contribution is 5.95. The predicted octanol–water partition coefficient (Wildman–Crippen LogP) is 3.02. The number of ether oxygens (including phenoxy) is 4. The Hall–Kier alpha value is -4.30. The van der Waals surface area contributed by atoms with Gasteiger partial charge >= 0.3 is 0 Å². The fourth-order valence-electron chi connectivity index (χ4n) is 4.03. The second-order valence-corrected chi connectivity index (χ2v) is 9.21. The van der Waals surface area contributed by atoms with Crippen molar-refractivity contribution in [1.82, 2.24) is 5.32 Å². The fourth-order valence-corrected chi connectivity index (χ4v) is 4.03. The molecular weight excluding hydrogens is 514 g/mol. The lowest BCUT2D eigenvalue weighted by Crippen LogP contribution is -2.60. The van der Waals surface area contributed by atoms with Crippen molar-refractivity contribution in [3.05, 3.63) is 83.9 Å². The summed E-state index contributed by atoms with van der Waals surface area (Å²) in [6, 6.07) is 22.8. The molecule has 5 N–H and O–H groups in total. The molecule has 40 heavy (non-hydrogen) atoms. The van der Waals surface area contributed by atoms with E-state index in [0.717, 1.165) is 5.56 Å². The van der Waals surface area contributed by atoms with E-state index in [1.807, 2.05) is 30.3 Å². The molecule has 212 valence electrons. The number of amides is 1. The minimum absolute atomic E-state index is 0.00287. The zero-order valence-electron chi connectivity index (χ0n) is 22.6. The molecule has 10 heteroatoms. The molecule has 0 fully saturated rings. The van der Waals surface area contributed by atoms with Crippen molar-refractivity contribution in [2.75, 3.05) is 33.5 Å². The molecule has 0 heterocycles. The number of rotatable bonds is 16. The van der Waals surface area contributed by atoms with Gasteiger partial charge in [0.05, 0.1) is 24.8 Å². The molecule has 0 saturated heterocycles. The average molecular weight is 550 g/mol. The molecule has 10 nitrogen and oxygen atoms in total. The second-order valence-electron chi connectivity index (χ2n) is 9.21. The van der Waals surface area contributed by atoms with Gasteiger partial charge in [-0.05, 0) is 48.0 Å². The number of hydrogen-bond donors (Lipinski definition) is 4. The number of carbonyl (C=O) groups excluding carboxylic acids is 1. The van der Waals surface area contributed by atoms with Gasteiger partial charge in [0.2, 0.25) is 0 Å². The van der Waals surface area contributed by atoms with Gasteiger partial charge in [-0.15, -0.1) is 0 Å². The maximum Gasteiger partial charge on any atom is 0.252 e. The van der Waals surface area contributed by atoms with Crippen LogP contribution < -0.4 is 25.3 Å². The van der Waals surface area contributed by atoms with Crippen LogP contribution in [0.4, 0.5) is 0 Å². The van der Waals surface area contributed by atoms with Gasteiger partial charge in [0.25, 0.3) is 5.91 Å². The third-order valence-electron chi connectivity index (χ3n) is 6.44. The highest BCUT2D eigenvalue weighted by Crippen LogP contribution is 2.27. The molecule has 0 aliphatic heterocycles. The Kier molecular flexibility index (Phi) is 11.1. The Labute approximate surface area is 233 Å². The van der Waals surface area contributed by atoms with Crippen molar-refractivity contribution in [1.29, 1.82) is 5.26 Å². The van der Waals surface area contributed by atoms with Crippen LogP contribution in [0.2, 0.25) is 0 Å². The molecule has 0 aliphatic carbocycles. The van der Waals surface area contributed by atoms with Crippen molar-refractivity contribution in [3.8, 4) is 29.1 Å². The number of benzene rings is 3. The van der Waals surface area contributed by atoms with Crippen LogP contribution in [0.5, 0.6) is 23.0 Å². The minimum atomic E-state index is -1.47. The van der Waals surface area contributed by atoms with E-state index in [1.54, 1.807) is 38.3 Å². The van der Waals surface area contributed by atoms with Crippen LogP contribution in [0.3, 0.4) is 0 Å². The van der Waals surface area contributed by atoms with Crippen molar-refractivity contribution in [3.63, 3.8) is 0 Å². The number of phenols is 1. The van der Waals surface area contributed by atoms with Crippen molar-refractivity contribution < 1.29 is 34.0 Å². The molecule has 0 saturated carbocycles. The molecular formula is C30H35N3O7. The summed E-state index contributed by atoms with van der Waals surface area (Å²) in [6.45, 7) is 2.80. The van der Waals surface area contributed by atoms with Gasteiger partial charge in [-0.2, -0.15) is 5.26 Å². The summed E-state index contributed by atoms with van der Waals surface area (Å²) < 4.78 is 22.2. The van der Waals surface area contributed by atoms with Crippen LogP contribution >= 0.6 is 0 Å². The van der Waals surface area contributed by atoms with Crippen LogP contribution in [0.25, 0.3) is 0 Å². The number of carbonyl (C=O) groups is 1. The Bertz CT molecular complexity index is 1260. The first-order chi connectivity index (χ1) is 19.3. The minimum Gasteiger partial charge on any atom is -0.507 e. The highest BCUT2D eigenvalue weighted by Gasteiger charge is 2.44. The summed E-state index contributed by atoms with van der Waals surface area (Å²) in [6.07, 6.45) is -1.25. The number of aromatic hydroxyl groups is 1. The number of primary amides is 1. The lowest BCUT2D eigenvalue weighted by Gasteiger charge is -2.37. The van der Waals surface area contributed by atoms with Crippen LogP contribution in [0.1, 0.15) is 22.8 Å². The lowest BCUT2D eigenvalue weighted by atomic mass is 9.81. The molecule has 3 aromatic rings. The molecule has 0 aliphatic rings. The molecule has 1 amide bonds. The Balaban J connectivity index is 1.74. The number of nitriles is 1. The third kappa shape index (κ3) is 8.10. The number of nitrogens with one attached hydrogen (secondary N) is 1. The quantitative estimate of drug-likeness (QED) is 0.197. The summed E-state index contributed by atoms with van der Waals surface area (Å²) in [5.74, 6) is -0.172. The molecule has 3 rings (SSSR count). The van der Waals surface area contributed by atoms with Gasteiger partial charge in [0, 0.05) is 19.6 Å². The summed E-state index contributed by atoms with van der Waals surface area (Å²) in [5, 5.41) is 34.8. The van der Waals surface area contributed by atoms with Crippen molar-refractivity contribution in [2.45, 2.75) is 25.1 Å². The average Bonchev–Trinajstić information content (AvgIpc) is 2.97. The van der Waals surface area contributed by atoms with Gasteiger partial charge < -0.3 is 34.9 Å². The van der Waals surface area contributed by atoms with E-state index in [-0.39, 0.29) is 30.3 Å². The third-order valence-corrected chi connectivity index (χ3v) is 6.44. The van der Waals surface area contributed by atoms with Gasteiger partial charge in [-0.25, -0.2) is 0 Å². The standard InChI is InChI=1S/C30H35N3O7/c1-21(18-39-25-12-13-27(34)26(16-25)29(32)36)30(20-31,33-17-22-6-4-3-5-7-22)28(35)19-40-24-10-8-23(9-11-24)38-15-14-37-2/h3-13,16,21,28,33-35H,14-15,17-19H2,1-2H3,(H2,32,36). The van der Waals surface area contributed by atoms with E-state index < -0.39 is 23.5 Å². The van der Waals surface area contributed by atoms with Crippen molar-refractivity contribution >= 4 is 5.91 Å². The van der Waals surface area contributed by atoms with Gasteiger partial charge in [0.1, 0.15) is 47.9 Å². The zero-order valence-corrected chi connectivity index (χ0v) is 22.6. The largest absolute Gasteiger partial charge is 0.507 e. The van der Waals surface area contributed by atoms with E-state index in [0.29, 0.717) is 31.3 Å². The van der Waals surface area contributed by atoms with E-state index in [1.165, 1.54) is 18.2 Å². The molecule has 0 spiro atoms. The molecule has 3 aromatic carbocycles. The lowest BCUT2D eigenvalue weighted by molar-refractivity contribution is 0.0104. The Morgan fingerprint density at radius 3 is 2.23 bits per heavy atom. The van der Waals surface area contributed by atoms with Crippen LogP contribution in [-0.2, 0) is 11.3 Å². The summed E-state index contributed by atoms with van der Waals surface area (Å²) >= 11 is 0. The molecule has 3 atom stereocenters. The van der Waals surface area contributed by atoms with Gasteiger partial charge in [-0.3, -0.25) is 10.1 Å². The topological polar surface area (TPSA) is 156 Å². The van der Waals surface area contributed by atoms with E-state index in [2.05, 4.69) is 11.4 Å². The number of nitrogens with two attached hydrogens (primary N) is 1. The fraction of sp³-hybridized carbons (Fsp3) is 0.333. The van der Waals surface area contributed by atoms with Gasteiger partial charge in [-0.1, -0.05) is 37.3 Å². The van der Waals surface area contributed by atoms with Gasteiger partial charge in [0.15, 0.2) is 0 Å². The summed E-state index contributed by atoms with van der Waals surface area (Å²) in [7, 11) is 1.60. The first-order valence-corrected chi connectivity index (χ1v) is 12.8. The van der Waals surface area contributed by atoms with Crippen LogP contribution in [0.15, 0.2) is 72.8 Å². The normalized spacial score (nSPS) is 13.8. The molecule has 0 radical (unpaired) electrons. The monoisotopic (exact) mass is 549 g/mol. The van der Waals surface area contributed by atoms with E-state index in [9.17, 15) is 20.3 Å². The Morgan fingerprint density at radius 1 is 0.975 bits per heavy atom. The maximum atomic E-state index is 11.6. The molecule has 3 unspecified atom stereocenters. The van der Waals surface area contributed by atoms with E-state index >= 15 is 0 Å². The number of nitrogens with zero attached hydrogens (tertiary/aromatic N) is 1. The van der Waals surface area contributed by atoms with Crippen LogP contribution in [0, 0.1) is 17.2 Å². The number of hydrogen-bond acceptors (Lipinski definition) is 9. The molecule has 0 bridgehead atoms. The first kappa shape index (κ1) is 30.2. The number of methoxy groups -OCH3 is 1. The van der Waals surface area contributed by atoms with Crippen molar-refractivity contribution in [2.24, 2.45) is 11.7 Å². The number of aliphatic hydroxyl groups is 1. The maximum absolute atomic E-state index is 11.6. The summed E-state index contributed by atoms with van der Waals surface area (Å²) in [5.41, 5.74) is 4.69. The summed E-state index contributed by atoms with van der Waals surface area (Å²) in [4.78, 5) is 11.6. The smallest absolute Gasteiger partial charge is 0.252 e. The SMILES string of the molecule is COCCOc1ccc(OCC(O)C(C#N)(NCc2ccccc2)C(C)COc2ccc(O)c(C(N)=O)c2)cc1. The Morgan fingerprint density at radius 2 is 1.60 bits per heavy atom. The van der Waals surface area contributed by atoms with Crippen LogP contribution in [-0.4, -0.2) is 61.3 Å². The predicted molar refractivity (Wildman–Crippen MR) is 148 cm³/mol. The molecule has 0 aromatic heterocycles. The first-order valence-electron chi connectivity index (χ1n) is 12.8. The zero-order chi connectivity index (χ0) is 29.0. The second kappa shape index (κ2) is 14.7. The van der Waals surface area contributed by atoms with E-state index in [4.69, 9.17) is 24.7 Å². The highest BCUT2D eigenvalue weighted by atomic mass is 16.5. The number of aliphatic hydroxyl groups excluding tert-OH is 1.